The van der Waals surface area contributed by atoms with E-state index in [0.29, 0.717) is 11.3 Å². The van der Waals surface area contributed by atoms with E-state index in [2.05, 4.69) is 10.4 Å². The van der Waals surface area contributed by atoms with E-state index in [1.54, 1.807) is 13.1 Å². The van der Waals surface area contributed by atoms with Gasteiger partial charge >= 0.3 is 5.97 Å². The minimum atomic E-state index is -1.44. The van der Waals surface area contributed by atoms with Gasteiger partial charge in [-0.1, -0.05) is 56.1 Å². The Hall–Kier alpha value is -3.96. The standard InChI is InChI=1S/C29H30Cl2FN5O5/c1-29(2,3)23-15-22(35(4)34-23)28(42)37-12-11-36(27(41)17-7-10-19(30)20(31)13-17)26(37)25(40)33-21(14-24(38)39)16-5-8-18(32)9-6-16/h5-10,13,15,21,26H,11-12,14H2,1-4H3,(H,33,40)(H,38,39). The molecular formula is C29H30Cl2FN5O5. The summed E-state index contributed by atoms with van der Waals surface area (Å²) in [5.74, 6) is -3.65. The van der Waals surface area contributed by atoms with Crippen molar-refractivity contribution < 1.29 is 28.7 Å². The summed E-state index contributed by atoms with van der Waals surface area (Å²) in [5, 5.41) is 17.0. The molecule has 1 aliphatic heterocycles. The molecular weight excluding hydrogens is 588 g/mol. The van der Waals surface area contributed by atoms with Crippen molar-refractivity contribution in [3.63, 3.8) is 0 Å². The molecule has 42 heavy (non-hydrogen) atoms. The Morgan fingerprint density at radius 1 is 1.00 bits per heavy atom. The fourth-order valence-corrected chi connectivity index (χ4v) is 4.98. The van der Waals surface area contributed by atoms with Crippen LogP contribution in [0, 0.1) is 5.82 Å². The van der Waals surface area contributed by atoms with E-state index in [0.717, 1.165) is 12.1 Å². The third-order valence-corrected chi connectivity index (χ3v) is 7.67. The van der Waals surface area contributed by atoms with Crippen LogP contribution in [-0.4, -0.2) is 67.6 Å². The normalized spacial score (nSPS) is 15.9. The van der Waals surface area contributed by atoms with Crippen molar-refractivity contribution >= 4 is 46.9 Å². The van der Waals surface area contributed by atoms with Crippen LogP contribution in [-0.2, 0) is 22.1 Å². The molecule has 1 aliphatic rings. The Labute approximate surface area is 252 Å². The molecule has 10 nitrogen and oxygen atoms in total. The topological polar surface area (TPSA) is 125 Å². The summed E-state index contributed by atoms with van der Waals surface area (Å²) in [5.41, 5.74) is 1.00. The van der Waals surface area contributed by atoms with Crippen molar-refractivity contribution in [3.05, 3.63) is 86.9 Å². The molecule has 0 aliphatic carbocycles. The van der Waals surface area contributed by atoms with E-state index >= 15 is 0 Å². The molecule has 1 aromatic heterocycles. The number of rotatable bonds is 7. The second-order valence-corrected chi connectivity index (χ2v) is 11.8. The fourth-order valence-electron chi connectivity index (χ4n) is 4.68. The van der Waals surface area contributed by atoms with Crippen molar-refractivity contribution in [2.45, 2.75) is 44.8 Å². The Morgan fingerprint density at radius 2 is 1.62 bits per heavy atom. The Balaban J connectivity index is 1.72. The molecule has 0 radical (unpaired) electrons. The van der Waals surface area contributed by atoms with E-state index in [1.165, 1.54) is 44.8 Å². The van der Waals surface area contributed by atoms with Crippen molar-refractivity contribution in [3.8, 4) is 0 Å². The van der Waals surface area contributed by atoms with Gasteiger partial charge in [0.1, 0.15) is 11.5 Å². The Bertz CT molecular complexity index is 1540. The van der Waals surface area contributed by atoms with Gasteiger partial charge in [-0.2, -0.15) is 5.10 Å². The summed E-state index contributed by atoms with van der Waals surface area (Å²) in [6, 6.07) is 9.88. The maximum atomic E-state index is 13.9. The van der Waals surface area contributed by atoms with Gasteiger partial charge < -0.3 is 20.2 Å². The largest absolute Gasteiger partial charge is 0.481 e. The first kappa shape index (κ1) is 31.0. The molecule has 2 N–H and O–H groups in total. The average Bonchev–Trinajstić information content (AvgIpc) is 3.53. The van der Waals surface area contributed by atoms with Gasteiger partial charge in [-0.25, -0.2) is 4.39 Å². The van der Waals surface area contributed by atoms with E-state index in [-0.39, 0.29) is 39.8 Å². The lowest BCUT2D eigenvalue weighted by Crippen LogP contribution is -2.54. The minimum Gasteiger partial charge on any atom is -0.481 e. The predicted octanol–water partition coefficient (Wildman–Crippen LogP) is 4.42. The van der Waals surface area contributed by atoms with Crippen LogP contribution in [0.25, 0.3) is 0 Å². The molecule has 0 spiro atoms. The highest BCUT2D eigenvalue weighted by Gasteiger charge is 2.44. The number of carboxylic acids is 1. The second kappa shape index (κ2) is 12.1. The molecule has 0 saturated carbocycles. The minimum absolute atomic E-state index is 0.00697. The number of carbonyl (C=O) groups excluding carboxylic acids is 3. The van der Waals surface area contributed by atoms with E-state index in [1.807, 2.05) is 20.8 Å². The Morgan fingerprint density at radius 3 is 2.17 bits per heavy atom. The summed E-state index contributed by atoms with van der Waals surface area (Å²) in [7, 11) is 1.61. The second-order valence-electron chi connectivity index (χ2n) is 11.0. The van der Waals surface area contributed by atoms with Crippen LogP contribution in [0.4, 0.5) is 4.39 Å². The monoisotopic (exact) mass is 617 g/mol. The van der Waals surface area contributed by atoms with Crippen molar-refractivity contribution in [2.24, 2.45) is 7.05 Å². The number of hydrogen-bond acceptors (Lipinski definition) is 5. The molecule has 0 bridgehead atoms. The molecule has 4 rings (SSSR count). The van der Waals surface area contributed by atoms with Crippen LogP contribution in [0.2, 0.25) is 10.0 Å². The van der Waals surface area contributed by atoms with Gasteiger partial charge in [0, 0.05) is 31.1 Å². The number of carbonyl (C=O) groups is 4. The number of hydrogen-bond donors (Lipinski definition) is 2. The van der Waals surface area contributed by atoms with Crippen molar-refractivity contribution in [1.29, 1.82) is 0 Å². The first-order valence-electron chi connectivity index (χ1n) is 13.1. The van der Waals surface area contributed by atoms with Gasteiger partial charge in [-0.3, -0.25) is 23.9 Å². The van der Waals surface area contributed by atoms with E-state index in [9.17, 15) is 28.7 Å². The maximum Gasteiger partial charge on any atom is 0.305 e. The van der Waals surface area contributed by atoms with Gasteiger partial charge in [-0.05, 0) is 42.0 Å². The van der Waals surface area contributed by atoms with Crippen LogP contribution in [0.1, 0.15) is 65.3 Å². The molecule has 2 unspecified atom stereocenters. The van der Waals surface area contributed by atoms with Gasteiger partial charge in [0.05, 0.1) is 28.2 Å². The predicted molar refractivity (Wildman–Crippen MR) is 154 cm³/mol. The number of aromatic nitrogens is 2. The molecule has 3 aromatic rings. The lowest BCUT2D eigenvalue weighted by Gasteiger charge is -2.31. The smallest absolute Gasteiger partial charge is 0.305 e. The summed E-state index contributed by atoms with van der Waals surface area (Å²) in [6.45, 7) is 5.87. The quantitative estimate of drug-likeness (QED) is 0.404. The maximum absolute atomic E-state index is 13.9. The molecule has 2 heterocycles. The van der Waals surface area contributed by atoms with Crippen molar-refractivity contribution in [2.75, 3.05) is 13.1 Å². The highest BCUT2D eigenvalue weighted by atomic mass is 35.5. The van der Waals surface area contributed by atoms with Crippen LogP contribution in [0.15, 0.2) is 48.5 Å². The lowest BCUT2D eigenvalue weighted by molar-refractivity contribution is -0.138. The number of amides is 3. The zero-order valence-corrected chi connectivity index (χ0v) is 24.9. The lowest BCUT2D eigenvalue weighted by atomic mass is 9.92. The fraction of sp³-hybridized carbons (Fsp3) is 0.345. The van der Waals surface area contributed by atoms with E-state index < -0.39 is 48.1 Å². The zero-order chi connectivity index (χ0) is 30.9. The average molecular weight is 618 g/mol. The number of nitrogens with zero attached hydrogens (tertiary/aromatic N) is 4. The number of carboxylic acid groups (broad SMARTS) is 1. The van der Waals surface area contributed by atoms with Gasteiger partial charge in [0.2, 0.25) is 0 Å². The number of benzene rings is 2. The van der Waals surface area contributed by atoms with Gasteiger partial charge in [-0.15, -0.1) is 0 Å². The molecule has 13 heteroatoms. The SMILES string of the molecule is Cn1nc(C(C)(C)C)cc1C(=O)N1CCN(C(=O)c2ccc(Cl)c(Cl)c2)C1C(=O)NC(CC(=O)O)c1ccc(F)cc1. The number of nitrogens with one attached hydrogen (secondary N) is 1. The highest BCUT2D eigenvalue weighted by molar-refractivity contribution is 6.42. The van der Waals surface area contributed by atoms with Crippen LogP contribution >= 0.6 is 23.2 Å². The third-order valence-electron chi connectivity index (χ3n) is 6.93. The molecule has 1 saturated heterocycles. The number of aliphatic carboxylic acids is 1. The summed E-state index contributed by atoms with van der Waals surface area (Å²) in [4.78, 5) is 55.6. The third kappa shape index (κ3) is 6.57. The molecule has 222 valence electrons. The van der Waals surface area contributed by atoms with Crippen molar-refractivity contribution in [1.82, 2.24) is 24.9 Å². The number of aryl methyl sites for hydroxylation is 1. The molecule has 2 aromatic carbocycles. The van der Waals surface area contributed by atoms with Gasteiger partial charge in [0.15, 0.2) is 6.17 Å². The molecule has 1 fully saturated rings. The zero-order valence-electron chi connectivity index (χ0n) is 23.4. The van der Waals surface area contributed by atoms with Crippen LogP contribution in [0.5, 0.6) is 0 Å². The Kier molecular flexibility index (Phi) is 8.93. The first-order valence-corrected chi connectivity index (χ1v) is 13.8. The van der Waals surface area contributed by atoms with Gasteiger partial charge in [0.25, 0.3) is 17.7 Å². The molecule has 3 amide bonds. The summed E-state index contributed by atoms with van der Waals surface area (Å²) >= 11 is 12.2. The summed E-state index contributed by atoms with van der Waals surface area (Å²) < 4.78 is 15.0. The highest BCUT2D eigenvalue weighted by Crippen LogP contribution is 2.28. The first-order chi connectivity index (χ1) is 19.7. The van der Waals surface area contributed by atoms with Crippen LogP contribution < -0.4 is 5.32 Å². The van der Waals surface area contributed by atoms with E-state index in [4.69, 9.17) is 23.2 Å². The number of halogens is 3. The summed E-state index contributed by atoms with van der Waals surface area (Å²) in [6.07, 6.45) is -1.96. The molecule has 2 atom stereocenters. The van der Waals surface area contributed by atoms with Crippen LogP contribution in [0.3, 0.4) is 0 Å².